The zero-order valence-electron chi connectivity index (χ0n) is 12.6. The van der Waals surface area contributed by atoms with Crippen molar-refractivity contribution in [3.63, 3.8) is 0 Å². The largest absolute Gasteiger partial charge is 0.304 e. The maximum Gasteiger partial charge on any atom is 0.123 e. The molecule has 118 valence electrons. The Balaban J connectivity index is 1.65. The molecular formula is C18H16BrFN2S. The zero-order chi connectivity index (χ0) is 16.2. The molecule has 0 spiro atoms. The Hall–Kier alpha value is -1.56. The molecular weight excluding hydrogens is 375 g/mol. The predicted molar refractivity (Wildman–Crippen MR) is 96.9 cm³/mol. The van der Waals surface area contributed by atoms with Crippen molar-refractivity contribution in [1.29, 1.82) is 0 Å². The monoisotopic (exact) mass is 390 g/mol. The average molecular weight is 391 g/mol. The summed E-state index contributed by atoms with van der Waals surface area (Å²) in [5.74, 6) is -0.227. The number of halogens is 2. The number of hydrogen-bond donors (Lipinski definition) is 1. The molecule has 1 aromatic heterocycles. The first kappa shape index (κ1) is 16.3. The Bertz CT molecular complexity index is 786. The van der Waals surface area contributed by atoms with E-state index in [1.807, 2.05) is 23.6 Å². The van der Waals surface area contributed by atoms with Crippen molar-refractivity contribution >= 4 is 27.3 Å². The summed E-state index contributed by atoms with van der Waals surface area (Å²) in [5, 5.41) is 6.44. The molecule has 3 aromatic rings. The van der Waals surface area contributed by atoms with E-state index in [9.17, 15) is 4.39 Å². The van der Waals surface area contributed by atoms with Gasteiger partial charge in [0.05, 0.1) is 5.69 Å². The fourth-order valence-electron chi connectivity index (χ4n) is 2.31. The number of nitrogens with zero attached hydrogens (tertiary/aromatic N) is 1. The molecule has 0 radical (unpaired) electrons. The van der Waals surface area contributed by atoms with Gasteiger partial charge in [0, 0.05) is 28.0 Å². The van der Waals surface area contributed by atoms with E-state index in [1.165, 1.54) is 17.7 Å². The van der Waals surface area contributed by atoms with Crippen LogP contribution in [0.1, 0.15) is 24.2 Å². The van der Waals surface area contributed by atoms with Crippen LogP contribution in [0.25, 0.3) is 10.6 Å². The summed E-state index contributed by atoms with van der Waals surface area (Å²) in [4.78, 5) is 4.62. The van der Waals surface area contributed by atoms with Crippen LogP contribution in [-0.2, 0) is 6.54 Å². The lowest BCUT2D eigenvalue weighted by molar-refractivity contribution is 0.567. The van der Waals surface area contributed by atoms with E-state index >= 15 is 0 Å². The lowest BCUT2D eigenvalue weighted by atomic mass is 10.1. The molecule has 2 aromatic carbocycles. The fourth-order valence-corrected chi connectivity index (χ4v) is 3.76. The molecule has 3 rings (SSSR count). The number of aromatic nitrogens is 1. The molecule has 0 saturated carbocycles. The Labute approximate surface area is 147 Å². The first-order valence-electron chi connectivity index (χ1n) is 7.31. The maximum atomic E-state index is 13.0. The normalized spacial score (nSPS) is 12.3. The van der Waals surface area contributed by atoms with Crippen molar-refractivity contribution in [3.8, 4) is 10.6 Å². The minimum atomic E-state index is -0.227. The van der Waals surface area contributed by atoms with E-state index in [0.717, 1.165) is 20.7 Å². The number of hydrogen-bond acceptors (Lipinski definition) is 3. The van der Waals surface area contributed by atoms with Gasteiger partial charge in [0.25, 0.3) is 0 Å². The summed E-state index contributed by atoms with van der Waals surface area (Å²) in [7, 11) is 0. The van der Waals surface area contributed by atoms with Crippen molar-refractivity contribution in [2.45, 2.75) is 19.5 Å². The standard InChI is InChI=1S/C18H16BrFN2S/c1-12(16-4-2-3-5-17(16)19)21-10-15-11-23-18(22-15)13-6-8-14(20)9-7-13/h2-9,11-12,21H,10H2,1H3. The SMILES string of the molecule is CC(NCc1csc(-c2ccc(F)cc2)n1)c1ccccc1Br. The minimum Gasteiger partial charge on any atom is -0.304 e. The minimum absolute atomic E-state index is 0.224. The van der Waals surface area contributed by atoms with Crippen molar-refractivity contribution in [2.75, 3.05) is 0 Å². The number of benzene rings is 2. The molecule has 0 aliphatic heterocycles. The Morgan fingerprint density at radius 2 is 1.91 bits per heavy atom. The Morgan fingerprint density at radius 1 is 1.17 bits per heavy atom. The van der Waals surface area contributed by atoms with Crippen LogP contribution in [0, 0.1) is 5.82 Å². The van der Waals surface area contributed by atoms with E-state index in [2.05, 4.69) is 39.2 Å². The highest BCUT2D eigenvalue weighted by atomic mass is 79.9. The van der Waals surface area contributed by atoms with Gasteiger partial charge in [0.2, 0.25) is 0 Å². The van der Waals surface area contributed by atoms with Crippen molar-refractivity contribution in [1.82, 2.24) is 10.3 Å². The van der Waals surface area contributed by atoms with Crippen LogP contribution in [-0.4, -0.2) is 4.98 Å². The fraction of sp³-hybridized carbons (Fsp3) is 0.167. The van der Waals surface area contributed by atoms with Gasteiger partial charge in [-0.05, 0) is 42.8 Å². The molecule has 0 aliphatic carbocycles. The topological polar surface area (TPSA) is 24.9 Å². The zero-order valence-corrected chi connectivity index (χ0v) is 15.0. The Kier molecular flexibility index (Phi) is 5.20. The van der Waals surface area contributed by atoms with Crippen LogP contribution >= 0.6 is 27.3 Å². The van der Waals surface area contributed by atoms with Gasteiger partial charge in [0.15, 0.2) is 0 Å². The number of rotatable bonds is 5. The second-order valence-corrected chi connectivity index (χ2v) is 6.99. The molecule has 23 heavy (non-hydrogen) atoms. The molecule has 0 amide bonds. The van der Waals surface area contributed by atoms with E-state index in [4.69, 9.17) is 0 Å². The van der Waals surface area contributed by atoms with Gasteiger partial charge in [0.1, 0.15) is 10.8 Å². The molecule has 0 saturated heterocycles. The first-order valence-corrected chi connectivity index (χ1v) is 8.99. The quantitative estimate of drug-likeness (QED) is 0.616. The molecule has 2 nitrogen and oxygen atoms in total. The van der Waals surface area contributed by atoms with Gasteiger partial charge in [-0.3, -0.25) is 0 Å². The molecule has 0 bridgehead atoms. The Morgan fingerprint density at radius 3 is 2.65 bits per heavy atom. The number of thiazole rings is 1. The molecule has 1 atom stereocenters. The summed E-state index contributed by atoms with van der Waals surface area (Å²) in [5.41, 5.74) is 3.16. The molecule has 1 N–H and O–H groups in total. The van der Waals surface area contributed by atoms with Gasteiger partial charge in [-0.2, -0.15) is 0 Å². The predicted octanol–water partition coefficient (Wildman–Crippen LogP) is 5.56. The van der Waals surface area contributed by atoms with Crippen LogP contribution in [0.5, 0.6) is 0 Å². The highest BCUT2D eigenvalue weighted by Crippen LogP contribution is 2.25. The van der Waals surface area contributed by atoms with Crippen LogP contribution in [0.3, 0.4) is 0 Å². The van der Waals surface area contributed by atoms with Crippen LogP contribution in [0.2, 0.25) is 0 Å². The van der Waals surface area contributed by atoms with E-state index in [1.54, 1.807) is 23.5 Å². The number of nitrogens with one attached hydrogen (secondary N) is 1. The molecule has 5 heteroatoms. The summed E-state index contributed by atoms with van der Waals surface area (Å²) >= 11 is 5.16. The van der Waals surface area contributed by atoms with Gasteiger partial charge in [-0.1, -0.05) is 34.1 Å². The van der Waals surface area contributed by atoms with Crippen LogP contribution in [0.15, 0.2) is 58.4 Å². The summed E-state index contributed by atoms with van der Waals surface area (Å²) < 4.78 is 14.1. The summed E-state index contributed by atoms with van der Waals surface area (Å²) in [6.45, 7) is 2.83. The van der Waals surface area contributed by atoms with Crippen molar-refractivity contribution in [2.24, 2.45) is 0 Å². The van der Waals surface area contributed by atoms with Gasteiger partial charge >= 0.3 is 0 Å². The molecule has 1 heterocycles. The third kappa shape index (κ3) is 4.05. The van der Waals surface area contributed by atoms with E-state index in [0.29, 0.717) is 6.54 Å². The van der Waals surface area contributed by atoms with Gasteiger partial charge in [-0.15, -0.1) is 11.3 Å². The second kappa shape index (κ2) is 7.34. The maximum absolute atomic E-state index is 13.0. The van der Waals surface area contributed by atoms with Gasteiger partial charge < -0.3 is 5.32 Å². The van der Waals surface area contributed by atoms with Crippen molar-refractivity contribution < 1.29 is 4.39 Å². The lowest BCUT2D eigenvalue weighted by Gasteiger charge is -2.14. The molecule has 0 fully saturated rings. The van der Waals surface area contributed by atoms with Crippen LogP contribution < -0.4 is 5.32 Å². The second-order valence-electron chi connectivity index (χ2n) is 5.27. The highest BCUT2D eigenvalue weighted by Gasteiger charge is 2.10. The van der Waals surface area contributed by atoms with Gasteiger partial charge in [-0.25, -0.2) is 9.37 Å². The molecule has 0 aliphatic rings. The lowest BCUT2D eigenvalue weighted by Crippen LogP contribution is -2.18. The van der Waals surface area contributed by atoms with E-state index in [-0.39, 0.29) is 11.9 Å². The van der Waals surface area contributed by atoms with Crippen LogP contribution in [0.4, 0.5) is 4.39 Å². The smallest absolute Gasteiger partial charge is 0.123 e. The van der Waals surface area contributed by atoms with E-state index < -0.39 is 0 Å². The molecule has 1 unspecified atom stereocenters. The third-order valence-electron chi connectivity index (χ3n) is 3.60. The summed E-state index contributed by atoms with van der Waals surface area (Å²) in [6.07, 6.45) is 0. The third-order valence-corrected chi connectivity index (χ3v) is 5.27. The highest BCUT2D eigenvalue weighted by molar-refractivity contribution is 9.10. The first-order chi connectivity index (χ1) is 11.1. The summed E-state index contributed by atoms with van der Waals surface area (Å²) in [6, 6.07) is 14.9. The van der Waals surface area contributed by atoms with Crippen molar-refractivity contribution in [3.05, 3.63) is 75.5 Å². The average Bonchev–Trinajstić information content (AvgIpc) is 3.03.